The van der Waals surface area contributed by atoms with Gasteiger partial charge in [-0.05, 0) is 96.0 Å². The minimum Gasteiger partial charge on any atom is -0.756 e. The molecule has 0 radical (unpaired) electrons. The molecule has 0 aliphatic carbocycles. The zero-order chi connectivity index (χ0) is 55.0. The number of ether oxygens (including phenoxy) is 1. The number of hydrogen-bond acceptors (Lipinski definition) is 7. The average Bonchev–Trinajstić information content (AvgIpc) is 3.37. The van der Waals surface area contributed by atoms with E-state index >= 15 is 0 Å². The Labute approximate surface area is 463 Å². The summed E-state index contributed by atoms with van der Waals surface area (Å²) in [6.07, 6.45) is 70.1. The third kappa shape index (κ3) is 56.0. The van der Waals surface area contributed by atoms with E-state index in [4.69, 9.17) is 13.8 Å². The zero-order valence-corrected chi connectivity index (χ0v) is 50.6. The lowest BCUT2D eigenvalue weighted by molar-refractivity contribution is -0.870. The normalized spacial score (nSPS) is 14.2. The summed E-state index contributed by atoms with van der Waals surface area (Å²) < 4.78 is 30.3. The van der Waals surface area contributed by atoms with E-state index in [0.717, 1.165) is 109 Å². The van der Waals surface area contributed by atoms with Crippen LogP contribution in [0.25, 0.3) is 0 Å². The molecule has 0 spiro atoms. The highest BCUT2D eigenvalue weighted by atomic mass is 31.2. The third-order valence-corrected chi connectivity index (χ3v) is 14.6. The van der Waals surface area contributed by atoms with Gasteiger partial charge in [-0.3, -0.25) is 14.2 Å². The van der Waals surface area contributed by atoms with Crippen LogP contribution in [0, 0.1) is 0 Å². The molecule has 0 bridgehead atoms. The number of nitrogens with zero attached hydrogens (tertiary/aromatic N) is 1. The second-order valence-corrected chi connectivity index (χ2v) is 23.6. The van der Waals surface area contributed by atoms with Crippen LogP contribution in [0.2, 0.25) is 0 Å². The summed E-state index contributed by atoms with van der Waals surface area (Å²) in [6.45, 7) is 6.77. The van der Waals surface area contributed by atoms with Gasteiger partial charge >= 0.3 is 5.97 Å². The molecule has 0 aromatic rings. The van der Waals surface area contributed by atoms with E-state index in [1.54, 1.807) is 0 Å². The first-order valence-electron chi connectivity index (χ1n) is 31.3. The zero-order valence-electron chi connectivity index (χ0n) is 49.7. The summed E-state index contributed by atoms with van der Waals surface area (Å²) in [5, 5.41) is 3.02. The van der Waals surface area contributed by atoms with Crippen molar-refractivity contribution in [3.8, 4) is 0 Å². The van der Waals surface area contributed by atoms with Crippen LogP contribution in [-0.4, -0.2) is 69.4 Å². The van der Waals surface area contributed by atoms with Crippen LogP contribution < -0.4 is 10.2 Å². The molecular weight excluding hydrogens is 952 g/mol. The van der Waals surface area contributed by atoms with Crippen molar-refractivity contribution >= 4 is 19.7 Å². The maximum atomic E-state index is 13.5. The minimum absolute atomic E-state index is 0.0274. The van der Waals surface area contributed by atoms with Gasteiger partial charge in [-0.25, -0.2) is 0 Å². The molecule has 10 heteroatoms. The van der Waals surface area contributed by atoms with E-state index in [-0.39, 0.29) is 24.9 Å². The summed E-state index contributed by atoms with van der Waals surface area (Å²) >= 11 is 0. The fraction of sp³-hybridized carbons (Fsp3) is 0.785. The Morgan fingerprint density at radius 3 is 1.32 bits per heavy atom. The van der Waals surface area contributed by atoms with Crippen LogP contribution in [0.3, 0.4) is 0 Å². The quantitative estimate of drug-likeness (QED) is 0.0161. The van der Waals surface area contributed by atoms with Crippen molar-refractivity contribution in [3.63, 3.8) is 0 Å². The highest BCUT2D eigenvalue weighted by Gasteiger charge is 2.27. The molecule has 0 heterocycles. The van der Waals surface area contributed by atoms with Gasteiger partial charge in [0, 0.05) is 12.8 Å². The Balaban J connectivity index is 5.18. The standard InChI is InChI=1S/C65H119N2O7P/c1-7-10-13-16-19-22-25-27-29-30-31-32-33-34-35-36-38-40-43-46-49-52-55-58-65(69)74-63(56-53-50-47-44-41-24-21-18-15-12-9-3)62(61-73-75(70,71)72-60-59-67(4,5)6)66-64(68)57-54-51-48-45-42-39-37-28-26-23-20-17-14-11-8-2/h19-20,22-23,26-29,31-32,53,56,62-63H,7-18,21,24-25,30,33-52,54-55,57-61H2,1-6H3,(H-,66,68,70,71)/b22-19-,23-20+,28-26+,29-27-,32-31-,56-53-. The molecule has 1 N–H and O–H groups in total. The highest BCUT2D eigenvalue weighted by Crippen LogP contribution is 2.38. The topological polar surface area (TPSA) is 114 Å². The molecule has 3 unspecified atom stereocenters. The van der Waals surface area contributed by atoms with Gasteiger partial charge in [0.1, 0.15) is 19.3 Å². The predicted molar refractivity (Wildman–Crippen MR) is 321 cm³/mol. The summed E-state index contributed by atoms with van der Waals surface area (Å²) in [4.78, 5) is 39.9. The molecule has 436 valence electrons. The molecule has 0 aliphatic heterocycles. The number of allylic oxidation sites excluding steroid dienone is 11. The lowest BCUT2D eigenvalue weighted by atomic mass is 10.0. The van der Waals surface area contributed by atoms with Gasteiger partial charge in [0.15, 0.2) is 0 Å². The van der Waals surface area contributed by atoms with Crippen molar-refractivity contribution in [2.24, 2.45) is 0 Å². The van der Waals surface area contributed by atoms with Crippen LogP contribution in [0.4, 0.5) is 0 Å². The smallest absolute Gasteiger partial charge is 0.306 e. The fourth-order valence-corrected chi connectivity index (χ4v) is 9.48. The van der Waals surface area contributed by atoms with Crippen LogP contribution >= 0.6 is 7.82 Å². The van der Waals surface area contributed by atoms with Gasteiger partial charge in [0.2, 0.25) is 5.91 Å². The molecular formula is C65H119N2O7P. The number of unbranched alkanes of at least 4 members (excludes halogenated alkanes) is 31. The Bertz CT molecular complexity index is 1510. The average molecular weight is 1070 g/mol. The summed E-state index contributed by atoms with van der Waals surface area (Å²) in [6, 6.07) is -0.898. The van der Waals surface area contributed by atoms with E-state index < -0.39 is 26.6 Å². The predicted octanol–water partition coefficient (Wildman–Crippen LogP) is 18.6. The van der Waals surface area contributed by atoms with Gasteiger partial charge < -0.3 is 28.5 Å². The SMILES string of the molecule is CCCCC/C=C\C/C=C\C/C=C\CCCCCCCCCCCCC(=O)OC(/C=C\CCCCCCCCCCC)C(COP(=O)([O-])OCC[N+](C)(C)C)NC(=O)CCCCCCCC/C=C/C=C/CCCCC. The molecule has 0 aromatic heterocycles. The minimum atomic E-state index is -4.70. The second kappa shape index (κ2) is 54.8. The first-order valence-corrected chi connectivity index (χ1v) is 32.7. The molecule has 75 heavy (non-hydrogen) atoms. The molecule has 0 saturated carbocycles. The number of carbonyl (C=O) groups excluding carboxylic acids is 2. The van der Waals surface area contributed by atoms with E-state index in [1.807, 2.05) is 33.3 Å². The van der Waals surface area contributed by atoms with Gasteiger partial charge in [-0.2, -0.15) is 0 Å². The number of phosphoric ester groups is 1. The van der Waals surface area contributed by atoms with Gasteiger partial charge in [0.25, 0.3) is 7.82 Å². The highest BCUT2D eigenvalue weighted by molar-refractivity contribution is 7.45. The van der Waals surface area contributed by atoms with Crippen LogP contribution in [0.15, 0.2) is 72.9 Å². The Morgan fingerprint density at radius 1 is 0.480 bits per heavy atom. The fourth-order valence-electron chi connectivity index (χ4n) is 8.75. The van der Waals surface area contributed by atoms with E-state index in [2.05, 4.69) is 86.8 Å². The van der Waals surface area contributed by atoms with E-state index in [0.29, 0.717) is 17.4 Å². The van der Waals surface area contributed by atoms with Crippen molar-refractivity contribution in [3.05, 3.63) is 72.9 Å². The van der Waals surface area contributed by atoms with Crippen LogP contribution in [0.5, 0.6) is 0 Å². The Morgan fingerprint density at radius 2 is 0.853 bits per heavy atom. The van der Waals surface area contributed by atoms with E-state index in [1.165, 1.54) is 135 Å². The number of phosphoric acid groups is 1. The molecule has 9 nitrogen and oxygen atoms in total. The summed E-state index contributed by atoms with van der Waals surface area (Å²) in [5.74, 6) is -0.558. The summed E-state index contributed by atoms with van der Waals surface area (Å²) in [7, 11) is 1.17. The maximum absolute atomic E-state index is 13.5. The molecule has 0 rings (SSSR count). The lowest BCUT2D eigenvalue weighted by Crippen LogP contribution is -2.47. The number of nitrogens with one attached hydrogen (secondary N) is 1. The lowest BCUT2D eigenvalue weighted by Gasteiger charge is -2.30. The molecule has 0 saturated heterocycles. The van der Waals surface area contributed by atoms with Gasteiger partial charge in [0.05, 0.1) is 33.8 Å². The van der Waals surface area contributed by atoms with Crippen molar-refractivity contribution in [1.29, 1.82) is 0 Å². The Hall–Kier alpha value is -2.55. The number of carbonyl (C=O) groups is 2. The molecule has 0 aromatic carbocycles. The van der Waals surface area contributed by atoms with Crippen molar-refractivity contribution in [2.75, 3.05) is 40.9 Å². The van der Waals surface area contributed by atoms with Crippen molar-refractivity contribution in [2.45, 2.75) is 290 Å². The number of amides is 1. The molecule has 3 atom stereocenters. The first kappa shape index (κ1) is 72.5. The van der Waals surface area contributed by atoms with Crippen molar-refractivity contribution < 1.29 is 37.3 Å². The maximum Gasteiger partial charge on any atom is 0.306 e. The Kier molecular flexibility index (Phi) is 52.9. The van der Waals surface area contributed by atoms with Crippen LogP contribution in [-0.2, 0) is 27.9 Å². The monoisotopic (exact) mass is 1070 g/mol. The molecule has 1 amide bonds. The largest absolute Gasteiger partial charge is 0.756 e. The molecule has 0 aliphatic rings. The van der Waals surface area contributed by atoms with Crippen LogP contribution in [0.1, 0.15) is 278 Å². The first-order chi connectivity index (χ1) is 36.4. The van der Waals surface area contributed by atoms with E-state index in [9.17, 15) is 19.0 Å². The number of rotatable bonds is 56. The summed E-state index contributed by atoms with van der Waals surface area (Å²) in [5.41, 5.74) is 0. The molecule has 0 fully saturated rings. The number of quaternary nitrogens is 1. The third-order valence-electron chi connectivity index (χ3n) is 13.6. The van der Waals surface area contributed by atoms with Gasteiger partial charge in [-0.15, -0.1) is 0 Å². The number of likely N-dealkylation sites (N-methyl/N-ethyl adjacent to an activating group) is 1. The number of hydrogen-bond donors (Lipinski definition) is 1. The number of esters is 1. The van der Waals surface area contributed by atoms with Gasteiger partial charge in [-0.1, -0.05) is 242 Å². The van der Waals surface area contributed by atoms with Crippen molar-refractivity contribution in [1.82, 2.24) is 5.32 Å². The second-order valence-electron chi connectivity index (χ2n) is 22.2.